The molecule has 0 spiro atoms. The maximum atomic E-state index is 7.31. The van der Waals surface area contributed by atoms with Crippen molar-refractivity contribution in [2.45, 2.75) is 11.8 Å². The summed E-state index contributed by atoms with van der Waals surface area (Å²) in [6.45, 7) is 2.03. The second-order valence-corrected chi connectivity index (χ2v) is 3.47. The first-order valence-corrected chi connectivity index (χ1v) is 4.86. The van der Waals surface area contributed by atoms with E-state index in [-0.39, 0.29) is 5.84 Å². The van der Waals surface area contributed by atoms with E-state index in [1.54, 1.807) is 11.8 Å². The molecule has 0 atom stereocenters. The number of amidine groups is 1. The highest BCUT2D eigenvalue weighted by atomic mass is 32.2. The molecule has 0 amide bonds. The molecular formula is C9H12N2S. The summed E-state index contributed by atoms with van der Waals surface area (Å²) in [5, 5.41) is 7.31. The topological polar surface area (TPSA) is 49.9 Å². The van der Waals surface area contributed by atoms with Gasteiger partial charge in [-0.2, -0.15) is 0 Å². The van der Waals surface area contributed by atoms with Gasteiger partial charge in [0.1, 0.15) is 5.84 Å². The van der Waals surface area contributed by atoms with E-state index in [2.05, 4.69) is 0 Å². The lowest BCUT2D eigenvalue weighted by Gasteiger charge is -2.05. The minimum atomic E-state index is 0.138. The molecule has 3 heteroatoms. The van der Waals surface area contributed by atoms with Crippen LogP contribution in [0.25, 0.3) is 0 Å². The smallest absolute Gasteiger partial charge is 0.123 e. The average molecular weight is 180 g/mol. The number of benzene rings is 1. The third kappa shape index (κ3) is 1.80. The molecule has 0 aromatic heterocycles. The first-order valence-electron chi connectivity index (χ1n) is 3.64. The van der Waals surface area contributed by atoms with E-state index >= 15 is 0 Å². The van der Waals surface area contributed by atoms with Gasteiger partial charge in [-0.3, -0.25) is 5.41 Å². The number of nitrogen functional groups attached to an aromatic ring is 1. The van der Waals surface area contributed by atoms with E-state index in [1.165, 1.54) is 5.56 Å². The predicted octanol–water partition coefficient (Wildman–Crippen LogP) is 2.00. The van der Waals surface area contributed by atoms with Crippen molar-refractivity contribution in [1.29, 1.82) is 5.41 Å². The molecular weight excluding hydrogens is 168 g/mol. The molecule has 0 radical (unpaired) electrons. The van der Waals surface area contributed by atoms with E-state index in [1.807, 2.05) is 31.4 Å². The third-order valence-corrected chi connectivity index (χ3v) is 2.42. The van der Waals surface area contributed by atoms with Crippen LogP contribution in [0.2, 0.25) is 0 Å². The van der Waals surface area contributed by atoms with Gasteiger partial charge in [-0.15, -0.1) is 11.8 Å². The minimum Gasteiger partial charge on any atom is -0.384 e. The molecule has 0 aliphatic heterocycles. The van der Waals surface area contributed by atoms with Gasteiger partial charge in [0.25, 0.3) is 0 Å². The van der Waals surface area contributed by atoms with E-state index in [4.69, 9.17) is 11.1 Å². The number of nitrogens with one attached hydrogen (secondary N) is 1. The summed E-state index contributed by atoms with van der Waals surface area (Å²) in [7, 11) is 0. The van der Waals surface area contributed by atoms with Crippen LogP contribution in [0, 0.1) is 12.3 Å². The summed E-state index contributed by atoms with van der Waals surface area (Å²) in [6.07, 6.45) is 1.99. The molecule has 0 saturated carbocycles. The van der Waals surface area contributed by atoms with Gasteiger partial charge in [-0.05, 0) is 30.9 Å². The van der Waals surface area contributed by atoms with Gasteiger partial charge in [0.15, 0.2) is 0 Å². The second-order valence-electron chi connectivity index (χ2n) is 2.62. The fraction of sp³-hybridized carbons (Fsp3) is 0.222. The van der Waals surface area contributed by atoms with Crippen molar-refractivity contribution in [2.24, 2.45) is 5.73 Å². The van der Waals surface area contributed by atoms with Crippen LogP contribution >= 0.6 is 11.8 Å². The fourth-order valence-electron chi connectivity index (χ4n) is 1.02. The highest BCUT2D eigenvalue weighted by Gasteiger charge is 2.03. The molecule has 0 aliphatic carbocycles. The van der Waals surface area contributed by atoms with Gasteiger partial charge in [0.05, 0.1) is 0 Å². The Kier molecular flexibility index (Phi) is 2.76. The molecule has 3 N–H and O–H groups in total. The summed E-state index contributed by atoms with van der Waals surface area (Å²) >= 11 is 1.62. The van der Waals surface area contributed by atoms with Crippen LogP contribution in [0.5, 0.6) is 0 Å². The Morgan fingerprint density at radius 2 is 2.17 bits per heavy atom. The summed E-state index contributed by atoms with van der Waals surface area (Å²) in [6, 6.07) is 5.90. The minimum absolute atomic E-state index is 0.138. The molecule has 12 heavy (non-hydrogen) atoms. The number of thioether (sulfide) groups is 1. The zero-order valence-corrected chi connectivity index (χ0v) is 8.03. The van der Waals surface area contributed by atoms with Crippen molar-refractivity contribution >= 4 is 17.6 Å². The number of aryl methyl sites for hydroxylation is 1. The van der Waals surface area contributed by atoms with Crippen LogP contribution < -0.4 is 5.73 Å². The summed E-state index contributed by atoms with van der Waals surface area (Å²) < 4.78 is 0. The van der Waals surface area contributed by atoms with Crippen LogP contribution in [0.15, 0.2) is 23.1 Å². The largest absolute Gasteiger partial charge is 0.384 e. The normalized spacial score (nSPS) is 9.83. The summed E-state index contributed by atoms with van der Waals surface area (Å²) in [4.78, 5) is 1.07. The molecule has 64 valence electrons. The molecule has 1 aromatic rings. The van der Waals surface area contributed by atoms with E-state index in [0.29, 0.717) is 0 Å². The first kappa shape index (κ1) is 9.13. The second kappa shape index (κ2) is 3.63. The maximum absolute atomic E-state index is 7.31. The Balaban J connectivity index is 3.20. The number of nitrogens with two attached hydrogens (primary N) is 1. The third-order valence-electron chi connectivity index (χ3n) is 1.65. The number of rotatable bonds is 2. The Morgan fingerprint density at radius 1 is 1.50 bits per heavy atom. The molecule has 1 aromatic carbocycles. The highest BCUT2D eigenvalue weighted by Crippen LogP contribution is 2.20. The monoisotopic (exact) mass is 180 g/mol. The number of hydrogen-bond acceptors (Lipinski definition) is 2. The van der Waals surface area contributed by atoms with Crippen molar-refractivity contribution in [3.63, 3.8) is 0 Å². The highest BCUT2D eigenvalue weighted by molar-refractivity contribution is 7.98. The van der Waals surface area contributed by atoms with Crippen LogP contribution in [0.3, 0.4) is 0 Å². The standard InChI is InChI=1S/C9H12N2S/c1-6-3-4-7(9(10)11)8(5-6)12-2/h3-5H,1-2H3,(H3,10,11). The quantitative estimate of drug-likeness (QED) is 0.415. The Hall–Kier alpha value is -0.960. The van der Waals surface area contributed by atoms with E-state index in [0.717, 1.165) is 10.5 Å². The molecule has 2 nitrogen and oxygen atoms in total. The molecule has 0 unspecified atom stereocenters. The molecule has 0 aliphatic rings. The van der Waals surface area contributed by atoms with E-state index in [9.17, 15) is 0 Å². The molecule has 0 saturated heterocycles. The Morgan fingerprint density at radius 3 is 2.67 bits per heavy atom. The summed E-state index contributed by atoms with van der Waals surface area (Å²) in [5.41, 5.74) is 7.44. The van der Waals surface area contributed by atoms with Crippen molar-refractivity contribution in [3.05, 3.63) is 29.3 Å². The Bertz CT molecular complexity index is 307. The van der Waals surface area contributed by atoms with Gasteiger partial charge in [-0.25, -0.2) is 0 Å². The van der Waals surface area contributed by atoms with Crippen molar-refractivity contribution < 1.29 is 0 Å². The zero-order chi connectivity index (χ0) is 9.14. The first-order chi connectivity index (χ1) is 5.65. The van der Waals surface area contributed by atoms with Gasteiger partial charge in [0.2, 0.25) is 0 Å². The van der Waals surface area contributed by atoms with Crippen LogP contribution in [-0.2, 0) is 0 Å². The van der Waals surface area contributed by atoms with Crippen LogP contribution in [0.1, 0.15) is 11.1 Å². The Labute approximate surface area is 76.7 Å². The predicted molar refractivity (Wildman–Crippen MR) is 54.0 cm³/mol. The van der Waals surface area contributed by atoms with Crippen LogP contribution in [0.4, 0.5) is 0 Å². The maximum Gasteiger partial charge on any atom is 0.123 e. The number of hydrogen-bond donors (Lipinski definition) is 2. The average Bonchev–Trinajstić information content (AvgIpc) is 2.03. The van der Waals surface area contributed by atoms with Crippen LogP contribution in [-0.4, -0.2) is 12.1 Å². The van der Waals surface area contributed by atoms with Crippen molar-refractivity contribution in [2.75, 3.05) is 6.26 Å². The summed E-state index contributed by atoms with van der Waals surface area (Å²) in [5.74, 6) is 0.138. The molecule has 1 rings (SSSR count). The molecule has 0 heterocycles. The van der Waals surface area contributed by atoms with Crippen molar-refractivity contribution in [3.8, 4) is 0 Å². The van der Waals surface area contributed by atoms with Crippen molar-refractivity contribution in [1.82, 2.24) is 0 Å². The van der Waals surface area contributed by atoms with E-state index < -0.39 is 0 Å². The zero-order valence-electron chi connectivity index (χ0n) is 7.22. The lowest BCUT2D eigenvalue weighted by molar-refractivity contribution is 1.30. The SMILES string of the molecule is CSc1cc(C)ccc1C(=N)N. The van der Waals surface area contributed by atoms with Gasteiger partial charge < -0.3 is 5.73 Å². The lowest BCUT2D eigenvalue weighted by Crippen LogP contribution is -2.12. The van der Waals surface area contributed by atoms with Gasteiger partial charge in [-0.1, -0.05) is 6.07 Å². The van der Waals surface area contributed by atoms with Gasteiger partial charge in [0, 0.05) is 10.5 Å². The van der Waals surface area contributed by atoms with Gasteiger partial charge >= 0.3 is 0 Å². The molecule has 0 fully saturated rings. The fourth-order valence-corrected chi connectivity index (χ4v) is 1.72. The lowest BCUT2D eigenvalue weighted by atomic mass is 10.1. The molecule has 0 bridgehead atoms.